The molecule has 1 aliphatic carbocycles. The molecule has 0 unspecified atom stereocenters. The molecule has 1 aromatic carbocycles. The number of hydrogen-bond donors (Lipinski definition) is 0. The number of sulfonamides is 1. The number of halogens is 3. The summed E-state index contributed by atoms with van der Waals surface area (Å²) in [5.41, 5.74) is -0.855. The van der Waals surface area contributed by atoms with Gasteiger partial charge in [-0.1, -0.05) is 26.2 Å². The monoisotopic (exact) mass is 506 g/mol. The van der Waals surface area contributed by atoms with Crippen LogP contribution >= 0.6 is 0 Å². The van der Waals surface area contributed by atoms with Crippen LogP contribution in [0.15, 0.2) is 29.2 Å². The van der Waals surface area contributed by atoms with Crippen molar-refractivity contribution in [2.24, 2.45) is 0 Å². The van der Waals surface area contributed by atoms with Crippen molar-refractivity contribution in [3.63, 3.8) is 0 Å². The number of rotatable bonds is 14. The Kier molecular flexibility index (Phi) is 11.8. The van der Waals surface area contributed by atoms with E-state index in [2.05, 4.69) is 18.9 Å². The van der Waals surface area contributed by atoms with E-state index in [0.717, 1.165) is 63.1 Å². The van der Waals surface area contributed by atoms with Gasteiger partial charge in [0.05, 0.1) is 16.6 Å². The Morgan fingerprint density at radius 3 is 2.09 bits per heavy atom. The lowest BCUT2D eigenvalue weighted by molar-refractivity contribution is -0.137. The minimum absolute atomic E-state index is 0.113. The Morgan fingerprint density at radius 1 is 0.912 bits per heavy atom. The summed E-state index contributed by atoms with van der Waals surface area (Å²) in [5, 5.41) is 0. The molecule has 0 aliphatic heterocycles. The van der Waals surface area contributed by atoms with Crippen molar-refractivity contribution in [3.8, 4) is 0 Å². The van der Waals surface area contributed by atoms with Gasteiger partial charge in [0, 0.05) is 19.7 Å². The van der Waals surface area contributed by atoms with Crippen molar-refractivity contribution in [1.29, 1.82) is 0 Å². The molecule has 0 saturated heterocycles. The lowest BCUT2D eigenvalue weighted by Crippen LogP contribution is -2.40. The van der Waals surface area contributed by atoms with Crippen molar-refractivity contribution in [2.45, 2.75) is 94.3 Å². The van der Waals surface area contributed by atoms with Crippen LogP contribution in [0.3, 0.4) is 0 Å². The Labute approximate surface area is 203 Å². The Bertz CT molecular complexity index is 808. The zero-order valence-electron chi connectivity index (χ0n) is 20.8. The van der Waals surface area contributed by atoms with Gasteiger partial charge in [0.15, 0.2) is 0 Å². The standard InChI is InChI=1S/C25H41F3N2O3S/c1-4-5-18-29(2)19-8-6-7-9-20-33-23-14-12-22(13-15-23)30(3)34(31,32)24-16-10-21(11-17-24)25(26,27)28/h10-11,16-17,22-23H,4-9,12-15,18-20H2,1-3H3. The summed E-state index contributed by atoms with van der Waals surface area (Å²) < 4.78 is 71.4. The summed E-state index contributed by atoms with van der Waals surface area (Å²) in [6, 6.07) is 3.53. The molecule has 0 spiro atoms. The summed E-state index contributed by atoms with van der Waals surface area (Å²) in [6.07, 6.45) is 5.72. The fourth-order valence-corrected chi connectivity index (χ4v) is 5.80. The van der Waals surface area contributed by atoms with Gasteiger partial charge in [-0.3, -0.25) is 0 Å². The third-order valence-corrected chi connectivity index (χ3v) is 8.62. The van der Waals surface area contributed by atoms with Crippen LogP contribution in [0, 0.1) is 0 Å². The number of benzene rings is 1. The largest absolute Gasteiger partial charge is 0.416 e. The van der Waals surface area contributed by atoms with E-state index < -0.39 is 21.8 Å². The highest BCUT2D eigenvalue weighted by atomic mass is 32.2. The fraction of sp³-hybridized carbons (Fsp3) is 0.760. The van der Waals surface area contributed by atoms with Gasteiger partial charge in [0.25, 0.3) is 0 Å². The first kappa shape index (κ1) is 29.1. The molecule has 5 nitrogen and oxygen atoms in total. The summed E-state index contributed by atoms with van der Waals surface area (Å²) in [4.78, 5) is 2.28. The molecule has 0 N–H and O–H groups in total. The Balaban J connectivity index is 1.67. The molecule has 0 atom stereocenters. The first-order valence-electron chi connectivity index (χ1n) is 12.5. The highest BCUT2D eigenvalue weighted by Gasteiger charge is 2.34. The van der Waals surface area contributed by atoms with Crippen LogP contribution in [-0.2, 0) is 20.9 Å². The van der Waals surface area contributed by atoms with Crippen LogP contribution in [0.5, 0.6) is 0 Å². The van der Waals surface area contributed by atoms with Gasteiger partial charge >= 0.3 is 6.18 Å². The minimum atomic E-state index is -4.49. The average Bonchev–Trinajstić information content (AvgIpc) is 2.81. The van der Waals surface area contributed by atoms with Gasteiger partial charge < -0.3 is 9.64 Å². The van der Waals surface area contributed by atoms with E-state index in [0.29, 0.717) is 12.8 Å². The maximum Gasteiger partial charge on any atom is 0.416 e. The van der Waals surface area contributed by atoms with Crippen molar-refractivity contribution in [2.75, 3.05) is 33.8 Å². The molecular formula is C25H41F3N2O3S. The quantitative estimate of drug-likeness (QED) is 0.293. The third kappa shape index (κ3) is 9.13. The molecule has 1 fully saturated rings. The Hall–Kier alpha value is -1.16. The van der Waals surface area contributed by atoms with Crippen LogP contribution in [-0.4, -0.2) is 63.6 Å². The topological polar surface area (TPSA) is 49.9 Å². The molecule has 1 aliphatic rings. The van der Waals surface area contributed by atoms with Crippen LogP contribution in [0.4, 0.5) is 13.2 Å². The van der Waals surface area contributed by atoms with Gasteiger partial charge in [0.1, 0.15) is 0 Å². The molecule has 196 valence electrons. The van der Waals surface area contributed by atoms with E-state index in [-0.39, 0.29) is 17.0 Å². The number of nitrogens with zero attached hydrogens (tertiary/aromatic N) is 2. The SMILES string of the molecule is CCCCN(C)CCCCCCOC1CCC(N(C)S(=O)(=O)c2ccc(C(F)(F)F)cc2)CC1. The van der Waals surface area contributed by atoms with Gasteiger partial charge in [-0.25, -0.2) is 8.42 Å². The predicted molar refractivity (Wildman–Crippen MR) is 129 cm³/mol. The van der Waals surface area contributed by atoms with Crippen LogP contribution in [0.2, 0.25) is 0 Å². The summed E-state index contributed by atoms with van der Waals surface area (Å²) in [5.74, 6) is 0. The van der Waals surface area contributed by atoms with Crippen molar-refractivity contribution < 1.29 is 26.3 Å². The smallest absolute Gasteiger partial charge is 0.378 e. The molecule has 0 heterocycles. The molecule has 34 heavy (non-hydrogen) atoms. The molecular weight excluding hydrogens is 465 g/mol. The van der Waals surface area contributed by atoms with E-state index in [1.54, 1.807) is 0 Å². The van der Waals surface area contributed by atoms with E-state index in [4.69, 9.17) is 4.74 Å². The second kappa shape index (κ2) is 13.8. The molecule has 0 amide bonds. The second-order valence-electron chi connectivity index (χ2n) is 9.42. The highest BCUT2D eigenvalue weighted by Crippen LogP contribution is 2.32. The zero-order valence-corrected chi connectivity index (χ0v) is 21.6. The first-order chi connectivity index (χ1) is 16.1. The summed E-state index contributed by atoms with van der Waals surface area (Å²) in [6.45, 7) is 5.27. The van der Waals surface area contributed by atoms with Crippen molar-refractivity contribution in [3.05, 3.63) is 29.8 Å². The van der Waals surface area contributed by atoms with Gasteiger partial charge in [-0.15, -0.1) is 0 Å². The van der Waals surface area contributed by atoms with Gasteiger partial charge in [-0.05, 0) is 89.3 Å². The highest BCUT2D eigenvalue weighted by molar-refractivity contribution is 7.89. The number of hydrogen-bond acceptors (Lipinski definition) is 4. The molecule has 2 rings (SSSR count). The van der Waals surface area contributed by atoms with Crippen molar-refractivity contribution >= 4 is 10.0 Å². The molecule has 0 radical (unpaired) electrons. The molecule has 1 aromatic rings. The molecule has 0 aromatic heterocycles. The predicted octanol–water partition coefficient (Wildman–Crippen LogP) is 5.95. The second-order valence-corrected chi connectivity index (χ2v) is 11.4. The molecule has 9 heteroatoms. The van der Waals surface area contributed by atoms with Gasteiger partial charge in [-0.2, -0.15) is 17.5 Å². The van der Waals surface area contributed by atoms with Crippen LogP contribution in [0.25, 0.3) is 0 Å². The average molecular weight is 507 g/mol. The lowest BCUT2D eigenvalue weighted by atomic mass is 9.93. The van der Waals surface area contributed by atoms with E-state index >= 15 is 0 Å². The van der Waals surface area contributed by atoms with Gasteiger partial charge in [0.2, 0.25) is 10.0 Å². The van der Waals surface area contributed by atoms with E-state index in [1.807, 2.05) is 0 Å². The van der Waals surface area contributed by atoms with Crippen LogP contribution < -0.4 is 0 Å². The third-order valence-electron chi connectivity index (χ3n) is 6.70. The number of ether oxygens (including phenoxy) is 1. The molecule has 1 saturated carbocycles. The minimum Gasteiger partial charge on any atom is -0.378 e. The summed E-state index contributed by atoms with van der Waals surface area (Å²) >= 11 is 0. The fourth-order valence-electron chi connectivity index (χ4n) is 4.38. The molecule has 0 bridgehead atoms. The first-order valence-corrected chi connectivity index (χ1v) is 13.9. The number of alkyl halides is 3. The van der Waals surface area contributed by atoms with Crippen molar-refractivity contribution in [1.82, 2.24) is 9.21 Å². The maximum absolute atomic E-state index is 12.9. The van der Waals surface area contributed by atoms with E-state index in [9.17, 15) is 21.6 Å². The lowest BCUT2D eigenvalue weighted by Gasteiger charge is -2.34. The maximum atomic E-state index is 12.9. The zero-order chi connectivity index (χ0) is 25.2. The number of unbranched alkanes of at least 4 members (excludes halogenated alkanes) is 4. The normalized spacial score (nSPS) is 19.8. The van der Waals surface area contributed by atoms with E-state index in [1.165, 1.54) is 43.6 Å². The Morgan fingerprint density at radius 2 is 1.50 bits per heavy atom. The van der Waals surface area contributed by atoms with Crippen LogP contribution in [0.1, 0.15) is 76.7 Å². The summed E-state index contributed by atoms with van der Waals surface area (Å²) in [7, 11) is -0.144.